The summed E-state index contributed by atoms with van der Waals surface area (Å²) in [6.45, 7) is 0.371. The minimum absolute atomic E-state index is 0.219. The molecule has 0 saturated heterocycles. The fraction of sp³-hybridized carbons (Fsp3) is 0.556. The molecule has 0 aromatic carbocycles. The fourth-order valence-electron chi connectivity index (χ4n) is 1.70. The van der Waals surface area contributed by atoms with Crippen LogP contribution < -0.4 is 11.5 Å². The van der Waals surface area contributed by atoms with Crippen LogP contribution in [0.25, 0.3) is 0 Å². The number of hydrogen-bond acceptors (Lipinski definition) is 3. The Bertz CT molecular complexity index is 387. The van der Waals surface area contributed by atoms with Crippen LogP contribution in [-0.2, 0) is 11.3 Å². The molecule has 6 heteroatoms. The molecule has 5 nitrogen and oxygen atoms in total. The number of carbonyl (C=O) groups excluding carboxylic acids is 1. The summed E-state index contributed by atoms with van der Waals surface area (Å²) >= 11 is 2.16. The van der Waals surface area contributed by atoms with Crippen molar-refractivity contribution in [3.05, 3.63) is 16.0 Å². The molecule has 15 heavy (non-hydrogen) atoms. The highest BCUT2D eigenvalue weighted by atomic mass is 127. The van der Waals surface area contributed by atoms with Gasteiger partial charge in [-0.25, -0.2) is 0 Å². The second-order valence-corrected chi connectivity index (χ2v) is 5.28. The molecule has 1 aliphatic carbocycles. The summed E-state index contributed by atoms with van der Waals surface area (Å²) in [6.07, 6.45) is 5.55. The number of aromatic nitrogens is 2. The zero-order valence-electron chi connectivity index (χ0n) is 8.19. The van der Waals surface area contributed by atoms with Gasteiger partial charge in [-0.1, -0.05) is 0 Å². The van der Waals surface area contributed by atoms with E-state index in [2.05, 4.69) is 27.7 Å². The molecular formula is C9H13IN4O. The van der Waals surface area contributed by atoms with Crippen molar-refractivity contribution in [3.63, 3.8) is 0 Å². The van der Waals surface area contributed by atoms with Crippen molar-refractivity contribution < 1.29 is 4.79 Å². The lowest BCUT2D eigenvalue weighted by molar-refractivity contribution is -0.124. The van der Waals surface area contributed by atoms with E-state index >= 15 is 0 Å². The summed E-state index contributed by atoms with van der Waals surface area (Å²) in [4.78, 5) is 11.4. The van der Waals surface area contributed by atoms with Crippen LogP contribution in [0.2, 0.25) is 0 Å². The maximum atomic E-state index is 11.4. The smallest absolute Gasteiger partial charge is 0.239 e. The van der Waals surface area contributed by atoms with E-state index in [1.54, 1.807) is 10.9 Å². The SMILES string of the molecule is NC(=O)C(N)(Cn1cc(I)cn1)C1CC1. The van der Waals surface area contributed by atoms with Crippen molar-refractivity contribution in [1.82, 2.24) is 9.78 Å². The highest BCUT2D eigenvalue weighted by Gasteiger charge is 2.47. The van der Waals surface area contributed by atoms with Gasteiger partial charge < -0.3 is 11.5 Å². The van der Waals surface area contributed by atoms with Crippen LogP contribution in [0, 0.1) is 9.49 Å². The molecule has 1 heterocycles. The quantitative estimate of drug-likeness (QED) is 0.770. The van der Waals surface area contributed by atoms with Crippen LogP contribution in [-0.4, -0.2) is 21.2 Å². The van der Waals surface area contributed by atoms with E-state index in [1.165, 1.54) is 0 Å². The molecule has 1 aromatic rings. The van der Waals surface area contributed by atoms with Gasteiger partial charge in [-0.2, -0.15) is 5.10 Å². The first kappa shape index (κ1) is 10.9. The summed E-state index contributed by atoms with van der Waals surface area (Å²) < 4.78 is 2.71. The van der Waals surface area contributed by atoms with Crippen LogP contribution in [0.15, 0.2) is 12.4 Å². The van der Waals surface area contributed by atoms with Crippen molar-refractivity contribution in [2.45, 2.75) is 24.9 Å². The third kappa shape index (κ3) is 2.15. The second kappa shape index (κ2) is 3.75. The lowest BCUT2D eigenvalue weighted by Gasteiger charge is -2.25. The normalized spacial score (nSPS) is 19.9. The minimum Gasteiger partial charge on any atom is -0.368 e. The van der Waals surface area contributed by atoms with Crippen LogP contribution in [0.4, 0.5) is 0 Å². The number of halogens is 1. The predicted molar refractivity (Wildman–Crippen MR) is 63.8 cm³/mol. The number of carbonyl (C=O) groups is 1. The summed E-state index contributed by atoms with van der Waals surface area (Å²) in [5.41, 5.74) is 10.5. The van der Waals surface area contributed by atoms with E-state index in [9.17, 15) is 4.79 Å². The van der Waals surface area contributed by atoms with Gasteiger partial charge in [0, 0.05) is 6.20 Å². The van der Waals surface area contributed by atoms with Gasteiger partial charge in [0.15, 0.2) is 0 Å². The standard InChI is InChI=1S/C9H13IN4O/c10-7-3-13-14(4-7)5-9(12,8(11)15)6-1-2-6/h3-4,6H,1-2,5,12H2,(H2,11,15). The van der Waals surface area contributed by atoms with Gasteiger partial charge in [0.1, 0.15) is 5.54 Å². The molecule has 0 radical (unpaired) electrons. The number of rotatable bonds is 4. The molecule has 1 aromatic heterocycles. The molecule has 2 rings (SSSR count). The highest BCUT2D eigenvalue weighted by Crippen LogP contribution is 2.39. The van der Waals surface area contributed by atoms with Gasteiger partial charge in [0.25, 0.3) is 0 Å². The van der Waals surface area contributed by atoms with E-state index in [0.717, 1.165) is 16.4 Å². The van der Waals surface area contributed by atoms with Crippen LogP contribution in [0.3, 0.4) is 0 Å². The Balaban J connectivity index is 2.16. The maximum Gasteiger partial charge on any atom is 0.239 e. The fourth-order valence-corrected chi connectivity index (χ4v) is 2.15. The van der Waals surface area contributed by atoms with Crippen LogP contribution in [0.5, 0.6) is 0 Å². The van der Waals surface area contributed by atoms with E-state index < -0.39 is 11.4 Å². The average molecular weight is 320 g/mol. The zero-order valence-corrected chi connectivity index (χ0v) is 10.3. The highest BCUT2D eigenvalue weighted by molar-refractivity contribution is 14.1. The molecule has 1 amide bonds. The first-order valence-corrected chi connectivity index (χ1v) is 5.87. The summed E-state index contributed by atoms with van der Waals surface area (Å²) in [5.74, 6) is -0.215. The number of primary amides is 1. The maximum absolute atomic E-state index is 11.4. The molecule has 1 fully saturated rings. The lowest BCUT2D eigenvalue weighted by atomic mass is 9.94. The number of nitrogens with two attached hydrogens (primary N) is 2. The Labute approximate surface area is 101 Å². The molecule has 1 saturated carbocycles. The predicted octanol–water partition coefficient (Wildman–Crippen LogP) is 0.0805. The van der Waals surface area contributed by atoms with Crippen LogP contribution >= 0.6 is 22.6 Å². The Morgan fingerprint density at radius 3 is 2.80 bits per heavy atom. The molecule has 82 valence electrons. The average Bonchev–Trinajstić information content (AvgIpc) is 2.92. The third-order valence-electron chi connectivity index (χ3n) is 2.79. The Morgan fingerprint density at radius 1 is 1.73 bits per heavy atom. The zero-order chi connectivity index (χ0) is 11.1. The van der Waals surface area contributed by atoms with Crippen molar-refractivity contribution >= 4 is 28.5 Å². The van der Waals surface area contributed by atoms with Gasteiger partial charge in [0.05, 0.1) is 16.3 Å². The molecule has 4 N–H and O–H groups in total. The molecule has 0 bridgehead atoms. The number of nitrogens with zero attached hydrogens (tertiary/aromatic N) is 2. The number of hydrogen-bond donors (Lipinski definition) is 2. The van der Waals surface area contributed by atoms with Crippen molar-refractivity contribution in [1.29, 1.82) is 0 Å². The van der Waals surface area contributed by atoms with Crippen molar-refractivity contribution in [3.8, 4) is 0 Å². The van der Waals surface area contributed by atoms with Crippen LogP contribution in [0.1, 0.15) is 12.8 Å². The largest absolute Gasteiger partial charge is 0.368 e. The third-order valence-corrected chi connectivity index (χ3v) is 3.35. The first-order chi connectivity index (χ1) is 7.02. The monoisotopic (exact) mass is 320 g/mol. The van der Waals surface area contributed by atoms with Gasteiger partial charge >= 0.3 is 0 Å². The molecule has 1 unspecified atom stereocenters. The van der Waals surface area contributed by atoms with Crippen molar-refractivity contribution in [2.75, 3.05) is 0 Å². The van der Waals surface area contributed by atoms with E-state index in [1.807, 2.05) is 6.20 Å². The molecule has 0 spiro atoms. The van der Waals surface area contributed by atoms with Crippen molar-refractivity contribution in [2.24, 2.45) is 17.4 Å². The topological polar surface area (TPSA) is 86.9 Å². The second-order valence-electron chi connectivity index (χ2n) is 4.04. The van der Waals surface area contributed by atoms with Gasteiger partial charge in [-0.3, -0.25) is 9.48 Å². The number of amides is 1. The summed E-state index contributed by atoms with van der Waals surface area (Å²) in [5, 5.41) is 4.11. The molecular weight excluding hydrogens is 307 g/mol. The minimum atomic E-state index is -0.935. The van der Waals surface area contributed by atoms with Gasteiger partial charge in [-0.15, -0.1) is 0 Å². The molecule has 1 aliphatic rings. The Kier molecular flexibility index (Phi) is 2.72. The molecule has 0 aliphatic heterocycles. The lowest BCUT2D eigenvalue weighted by Crippen LogP contribution is -2.56. The van der Waals surface area contributed by atoms with Gasteiger partial charge in [-0.05, 0) is 41.4 Å². The first-order valence-electron chi connectivity index (χ1n) is 4.79. The summed E-state index contributed by atoms with van der Waals surface area (Å²) in [6, 6.07) is 0. The van der Waals surface area contributed by atoms with E-state index in [0.29, 0.717) is 6.54 Å². The van der Waals surface area contributed by atoms with Gasteiger partial charge in [0.2, 0.25) is 5.91 Å². The Morgan fingerprint density at radius 2 is 2.40 bits per heavy atom. The Hall–Kier alpha value is -0.630. The molecule has 1 atom stereocenters. The summed E-state index contributed by atoms with van der Waals surface area (Å²) in [7, 11) is 0. The van der Waals surface area contributed by atoms with E-state index in [4.69, 9.17) is 11.5 Å². The van der Waals surface area contributed by atoms with E-state index in [-0.39, 0.29) is 5.92 Å².